The predicted octanol–water partition coefficient (Wildman–Crippen LogP) is 4.32. The summed E-state index contributed by atoms with van der Waals surface area (Å²) in [5.74, 6) is 1.69. The molecule has 25 heavy (non-hydrogen) atoms. The number of benzene rings is 2. The highest BCUT2D eigenvalue weighted by Crippen LogP contribution is 2.18. The molecule has 1 aromatic heterocycles. The van der Waals surface area contributed by atoms with E-state index in [4.69, 9.17) is 17.0 Å². The van der Waals surface area contributed by atoms with E-state index in [1.54, 1.807) is 12.1 Å². The molecule has 0 aliphatic heterocycles. The Kier molecular flexibility index (Phi) is 5.53. The fourth-order valence-corrected chi connectivity index (χ4v) is 2.51. The third-order valence-corrected chi connectivity index (χ3v) is 3.71. The number of hydrogen-bond acceptors (Lipinski definition) is 4. The number of aromatic nitrogens is 2. The van der Waals surface area contributed by atoms with E-state index >= 15 is 0 Å². The number of thiocarbonyl (C=S) groups is 1. The Labute approximate surface area is 152 Å². The lowest BCUT2D eigenvalue weighted by molar-refractivity contribution is 0.455. The Hall–Kier alpha value is -2.99. The summed E-state index contributed by atoms with van der Waals surface area (Å²) in [6.07, 6.45) is 0. The molecule has 0 fully saturated rings. The van der Waals surface area contributed by atoms with Gasteiger partial charge in [-0.1, -0.05) is 48.5 Å². The van der Waals surface area contributed by atoms with Crippen LogP contribution in [0.25, 0.3) is 0 Å². The topological polar surface area (TPSA) is 59.1 Å². The van der Waals surface area contributed by atoms with Gasteiger partial charge in [-0.3, -0.25) is 0 Å². The molecule has 0 saturated heterocycles. The predicted molar refractivity (Wildman–Crippen MR) is 103 cm³/mol. The molecule has 3 rings (SSSR count). The van der Waals surface area contributed by atoms with Crippen LogP contribution in [0.15, 0.2) is 72.8 Å². The van der Waals surface area contributed by atoms with Gasteiger partial charge in [0.05, 0.1) is 6.04 Å². The van der Waals surface area contributed by atoms with Crippen molar-refractivity contribution in [2.24, 2.45) is 0 Å². The standard InChI is InChI=1S/C19H18N4OS/c1-14(15-8-4-2-5-9-15)20-19(25)21-17-12-13-18(23-22-17)24-16-10-6-3-7-11-16/h2-14H,1H3,(H2,20,21,22,25)/t14-/m1/s1. The minimum Gasteiger partial charge on any atom is -0.438 e. The van der Waals surface area contributed by atoms with E-state index in [1.807, 2.05) is 55.5 Å². The van der Waals surface area contributed by atoms with E-state index in [1.165, 1.54) is 0 Å². The first-order valence-electron chi connectivity index (χ1n) is 7.90. The van der Waals surface area contributed by atoms with Gasteiger partial charge in [0.2, 0.25) is 5.88 Å². The number of ether oxygens (including phenoxy) is 1. The van der Waals surface area contributed by atoms with Crippen LogP contribution in [0.3, 0.4) is 0 Å². The number of nitrogens with one attached hydrogen (secondary N) is 2. The maximum atomic E-state index is 5.61. The number of para-hydroxylation sites is 1. The van der Waals surface area contributed by atoms with E-state index in [0.29, 0.717) is 22.6 Å². The van der Waals surface area contributed by atoms with E-state index in [-0.39, 0.29) is 6.04 Å². The summed E-state index contributed by atoms with van der Waals surface area (Å²) in [6, 6.07) is 23.1. The van der Waals surface area contributed by atoms with Crippen molar-refractivity contribution in [3.63, 3.8) is 0 Å². The first kappa shape index (κ1) is 16.9. The lowest BCUT2D eigenvalue weighted by Crippen LogP contribution is -2.31. The van der Waals surface area contributed by atoms with Gasteiger partial charge in [0.15, 0.2) is 10.9 Å². The second-order valence-electron chi connectivity index (χ2n) is 5.40. The van der Waals surface area contributed by atoms with Crippen molar-refractivity contribution < 1.29 is 4.74 Å². The fourth-order valence-electron chi connectivity index (χ4n) is 2.22. The highest BCUT2D eigenvalue weighted by Gasteiger charge is 2.07. The second-order valence-corrected chi connectivity index (χ2v) is 5.81. The molecule has 0 bridgehead atoms. The Balaban J connectivity index is 1.55. The molecule has 6 heteroatoms. The van der Waals surface area contributed by atoms with Crippen molar-refractivity contribution in [3.05, 3.63) is 78.4 Å². The van der Waals surface area contributed by atoms with Crippen LogP contribution in [-0.4, -0.2) is 15.3 Å². The Bertz CT molecular complexity index is 810. The van der Waals surface area contributed by atoms with Crippen LogP contribution >= 0.6 is 12.2 Å². The van der Waals surface area contributed by atoms with Gasteiger partial charge in [-0.05, 0) is 42.9 Å². The molecule has 0 saturated carbocycles. The summed E-state index contributed by atoms with van der Waals surface area (Å²) in [4.78, 5) is 0. The summed E-state index contributed by atoms with van der Waals surface area (Å²) in [5, 5.41) is 14.9. The van der Waals surface area contributed by atoms with Gasteiger partial charge < -0.3 is 15.4 Å². The Morgan fingerprint density at radius 2 is 1.60 bits per heavy atom. The fraction of sp³-hybridized carbons (Fsp3) is 0.105. The summed E-state index contributed by atoms with van der Waals surface area (Å²) in [7, 11) is 0. The van der Waals surface area contributed by atoms with Gasteiger partial charge in [0.1, 0.15) is 5.75 Å². The molecule has 3 aromatic rings. The highest BCUT2D eigenvalue weighted by atomic mass is 32.1. The normalized spacial score (nSPS) is 11.4. The molecule has 1 atom stereocenters. The van der Waals surface area contributed by atoms with Crippen LogP contribution in [0.5, 0.6) is 11.6 Å². The first-order valence-corrected chi connectivity index (χ1v) is 8.30. The largest absolute Gasteiger partial charge is 0.438 e. The summed E-state index contributed by atoms with van der Waals surface area (Å²) in [6.45, 7) is 2.05. The van der Waals surface area contributed by atoms with Crippen molar-refractivity contribution in [3.8, 4) is 11.6 Å². The Morgan fingerprint density at radius 3 is 2.24 bits per heavy atom. The maximum Gasteiger partial charge on any atom is 0.238 e. The van der Waals surface area contributed by atoms with E-state index in [9.17, 15) is 0 Å². The number of anilines is 1. The summed E-state index contributed by atoms with van der Waals surface area (Å²) in [5.41, 5.74) is 1.16. The SMILES string of the molecule is C[C@@H](NC(=S)Nc1ccc(Oc2ccccc2)nn1)c1ccccc1. The second kappa shape index (κ2) is 8.21. The minimum atomic E-state index is 0.0925. The van der Waals surface area contributed by atoms with Gasteiger partial charge in [-0.15, -0.1) is 10.2 Å². The third-order valence-electron chi connectivity index (χ3n) is 3.49. The molecule has 0 radical (unpaired) electrons. The molecule has 0 aliphatic rings. The van der Waals surface area contributed by atoms with E-state index in [2.05, 4.69) is 33.0 Å². The summed E-state index contributed by atoms with van der Waals surface area (Å²) >= 11 is 5.33. The van der Waals surface area contributed by atoms with Crippen molar-refractivity contribution >= 4 is 23.1 Å². The zero-order valence-corrected chi connectivity index (χ0v) is 14.5. The van der Waals surface area contributed by atoms with Gasteiger partial charge in [0.25, 0.3) is 0 Å². The van der Waals surface area contributed by atoms with E-state index in [0.717, 1.165) is 5.56 Å². The number of rotatable bonds is 5. The molecule has 5 nitrogen and oxygen atoms in total. The van der Waals surface area contributed by atoms with Crippen molar-refractivity contribution in [1.29, 1.82) is 0 Å². The molecular formula is C19H18N4OS. The van der Waals surface area contributed by atoms with Crippen molar-refractivity contribution in [1.82, 2.24) is 15.5 Å². The van der Waals surface area contributed by atoms with Gasteiger partial charge >= 0.3 is 0 Å². The van der Waals surface area contributed by atoms with Crippen molar-refractivity contribution in [2.45, 2.75) is 13.0 Å². The number of nitrogens with zero attached hydrogens (tertiary/aromatic N) is 2. The average molecular weight is 350 g/mol. The molecule has 2 aromatic carbocycles. The monoisotopic (exact) mass is 350 g/mol. The van der Waals surface area contributed by atoms with Crippen LogP contribution in [-0.2, 0) is 0 Å². The molecule has 0 amide bonds. The third kappa shape index (κ3) is 4.99. The van der Waals surface area contributed by atoms with Crippen LogP contribution in [0, 0.1) is 0 Å². The lowest BCUT2D eigenvalue weighted by Gasteiger charge is -2.16. The molecule has 0 unspecified atom stereocenters. The first-order chi connectivity index (χ1) is 12.2. The minimum absolute atomic E-state index is 0.0925. The number of hydrogen-bond donors (Lipinski definition) is 2. The molecule has 0 aliphatic carbocycles. The van der Waals surface area contributed by atoms with E-state index < -0.39 is 0 Å². The van der Waals surface area contributed by atoms with Crippen LogP contribution in [0.2, 0.25) is 0 Å². The lowest BCUT2D eigenvalue weighted by atomic mass is 10.1. The average Bonchev–Trinajstić information content (AvgIpc) is 2.65. The highest BCUT2D eigenvalue weighted by molar-refractivity contribution is 7.80. The smallest absolute Gasteiger partial charge is 0.238 e. The molecule has 126 valence electrons. The van der Waals surface area contributed by atoms with Crippen molar-refractivity contribution in [2.75, 3.05) is 5.32 Å². The van der Waals surface area contributed by atoms with Crippen LogP contribution < -0.4 is 15.4 Å². The molecule has 2 N–H and O–H groups in total. The van der Waals surface area contributed by atoms with Crippen LogP contribution in [0.4, 0.5) is 5.82 Å². The molecule has 0 spiro atoms. The van der Waals surface area contributed by atoms with Gasteiger partial charge in [-0.25, -0.2) is 0 Å². The maximum absolute atomic E-state index is 5.61. The van der Waals surface area contributed by atoms with Gasteiger partial charge in [-0.2, -0.15) is 0 Å². The van der Waals surface area contributed by atoms with Crippen LogP contribution in [0.1, 0.15) is 18.5 Å². The molecular weight excluding hydrogens is 332 g/mol. The summed E-state index contributed by atoms with van der Waals surface area (Å²) < 4.78 is 5.61. The van der Waals surface area contributed by atoms with Gasteiger partial charge in [0, 0.05) is 6.07 Å². The Morgan fingerprint density at radius 1 is 0.920 bits per heavy atom. The zero-order valence-electron chi connectivity index (χ0n) is 13.7. The quantitative estimate of drug-likeness (QED) is 0.669. The zero-order chi connectivity index (χ0) is 17.5. The molecule has 1 heterocycles.